The van der Waals surface area contributed by atoms with Crippen molar-refractivity contribution in [1.82, 2.24) is 4.90 Å². The number of ether oxygens (including phenoxy) is 1. The molecular formula is C23H37NO3Si. The van der Waals surface area contributed by atoms with Gasteiger partial charge in [0.2, 0.25) is 0 Å². The third-order valence-corrected chi connectivity index (χ3v) is 12.0. The first-order valence-electron chi connectivity index (χ1n) is 10.5. The Bertz CT molecular complexity index is 710. The number of hydrogen-bond donors (Lipinski definition) is 0. The van der Waals surface area contributed by atoms with Crippen LogP contribution in [0.4, 0.5) is 0 Å². The summed E-state index contributed by atoms with van der Waals surface area (Å²) in [6.45, 7) is 13.5. The van der Waals surface area contributed by atoms with Gasteiger partial charge in [-0.05, 0) is 50.5 Å². The molecule has 0 amide bonds. The monoisotopic (exact) mass is 403 g/mol. The first kappa shape index (κ1) is 21.5. The molecule has 0 N–H and O–H groups in total. The van der Waals surface area contributed by atoms with Crippen molar-refractivity contribution >= 4 is 14.3 Å². The smallest absolute Gasteiger partial charge is 0.310 e. The quantitative estimate of drug-likeness (QED) is 0.538. The molecule has 28 heavy (non-hydrogen) atoms. The zero-order valence-corrected chi connectivity index (χ0v) is 19.8. The number of esters is 1. The lowest BCUT2D eigenvalue weighted by atomic mass is 9.76. The topological polar surface area (TPSA) is 38.8 Å². The molecule has 156 valence electrons. The van der Waals surface area contributed by atoms with E-state index in [2.05, 4.69) is 77.0 Å². The summed E-state index contributed by atoms with van der Waals surface area (Å²) in [4.78, 5) is 15.4. The average molecular weight is 404 g/mol. The molecule has 5 heteroatoms. The van der Waals surface area contributed by atoms with E-state index in [9.17, 15) is 4.79 Å². The van der Waals surface area contributed by atoms with E-state index in [0.29, 0.717) is 6.04 Å². The molecular weight excluding hydrogens is 366 g/mol. The van der Waals surface area contributed by atoms with E-state index in [4.69, 9.17) is 9.16 Å². The number of carbonyl (C=O) groups is 1. The highest BCUT2D eigenvalue weighted by Gasteiger charge is 2.56. The van der Waals surface area contributed by atoms with Gasteiger partial charge in [0.05, 0.1) is 19.1 Å². The van der Waals surface area contributed by atoms with Crippen molar-refractivity contribution in [2.75, 3.05) is 14.2 Å². The molecule has 1 aromatic carbocycles. The van der Waals surface area contributed by atoms with Gasteiger partial charge in [-0.1, -0.05) is 50.6 Å². The molecule has 0 saturated carbocycles. The Morgan fingerprint density at radius 1 is 1.14 bits per heavy atom. The van der Waals surface area contributed by atoms with Gasteiger partial charge in [0, 0.05) is 18.0 Å². The van der Waals surface area contributed by atoms with Gasteiger partial charge in [-0.15, -0.1) is 0 Å². The number of nitrogens with zero attached hydrogens (tertiary/aromatic N) is 1. The second-order valence-electron chi connectivity index (χ2n) is 10.3. The molecule has 0 radical (unpaired) electrons. The van der Waals surface area contributed by atoms with Crippen LogP contribution in [0.1, 0.15) is 50.7 Å². The van der Waals surface area contributed by atoms with Gasteiger partial charge in [0.1, 0.15) is 0 Å². The van der Waals surface area contributed by atoms with Crippen molar-refractivity contribution in [3.63, 3.8) is 0 Å². The highest BCUT2D eigenvalue weighted by molar-refractivity contribution is 6.74. The van der Waals surface area contributed by atoms with E-state index in [-0.39, 0.29) is 35.0 Å². The lowest BCUT2D eigenvalue weighted by Crippen LogP contribution is -2.54. The number of aryl methyl sites for hydroxylation is 1. The maximum absolute atomic E-state index is 13.0. The van der Waals surface area contributed by atoms with Crippen LogP contribution >= 0.6 is 0 Å². The fraction of sp³-hybridized carbons (Fsp3) is 0.696. The molecule has 2 saturated heterocycles. The first-order chi connectivity index (χ1) is 13.0. The second kappa shape index (κ2) is 7.58. The Morgan fingerprint density at radius 2 is 1.75 bits per heavy atom. The Morgan fingerprint density at radius 3 is 2.29 bits per heavy atom. The first-order valence-corrected chi connectivity index (χ1v) is 13.4. The normalized spacial score (nSPS) is 31.1. The summed E-state index contributed by atoms with van der Waals surface area (Å²) in [5.74, 6) is -0.106. The number of hydrogen-bond acceptors (Lipinski definition) is 4. The fourth-order valence-corrected chi connectivity index (χ4v) is 6.12. The van der Waals surface area contributed by atoms with Gasteiger partial charge in [0.15, 0.2) is 8.32 Å². The van der Waals surface area contributed by atoms with E-state index in [1.54, 1.807) is 0 Å². The van der Waals surface area contributed by atoms with Gasteiger partial charge in [0.25, 0.3) is 0 Å². The van der Waals surface area contributed by atoms with E-state index in [1.807, 2.05) is 0 Å². The summed E-state index contributed by atoms with van der Waals surface area (Å²) >= 11 is 0. The summed E-state index contributed by atoms with van der Waals surface area (Å²) in [5.41, 5.74) is 2.49. The third kappa shape index (κ3) is 3.81. The molecule has 0 spiro atoms. The molecule has 4 nitrogen and oxygen atoms in total. The third-order valence-electron chi connectivity index (χ3n) is 7.49. The Balaban J connectivity index is 1.95. The summed E-state index contributed by atoms with van der Waals surface area (Å²) < 4.78 is 12.2. The molecule has 2 aliphatic heterocycles. The summed E-state index contributed by atoms with van der Waals surface area (Å²) in [5, 5.41) is 0.152. The van der Waals surface area contributed by atoms with Crippen LogP contribution in [0.15, 0.2) is 24.3 Å². The number of fused-ring (bicyclic) bond motifs is 2. The van der Waals surface area contributed by atoms with E-state index < -0.39 is 8.32 Å². The minimum atomic E-state index is -1.92. The predicted molar refractivity (Wildman–Crippen MR) is 116 cm³/mol. The number of rotatable bonds is 4. The number of carbonyl (C=O) groups excluding carboxylic acids is 1. The van der Waals surface area contributed by atoms with Crippen LogP contribution < -0.4 is 0 Å². The van der Waals surface area contributed by atoms with E-state index in [0.717, 1.165) is 12.8 Å². The van der Waals surface area contributed by atoms with Crippen molar-refractivity contribution in [1.29, 1.82) is 0 Å². The van der Waals surface area contributed by atoms with Gasteiger partial charge in [-0.2, -0.15) is 0 Å². The predicted octanol–water partition coefficient (Wildman–Crippen LogP) is 4.73. The Kier molecular flexibility index (Phi) is 5.83. The SMILES string of the molecule is COC(=O)[C@@H]1[C@H]2[C@H](O[Si](C)(C)C(C)(C)C)C[C@@H](C[C@H]1c1ccc(C)cc1)N2C. The molecule has 2 aliphatic rings. The Hall–Kier alpha value is -1.17. The molecule has 2 bridgehead atoms. The van der Waals surface area contributed by atoms with Crippen molar-refractivity contribution < 1.29 is 14.0 Å². The van der Waals surface area contributed by atoms with Crippen LogP contribution in [0.25, 0.3) is 0 Å². The highest BCUT2D eigenvalue weighted by Crippen LogP contribution is 2.49. The van der Waals surface area contributed by atoms with Crippen molar-refractivity contribution in [3.05, 3.63) is 35.4 Å². The Labute approximate surface area is 171 Å². The van der Waals surface area contributed by atoms with Gasteiger partial charge >= 0.3 is 5.97 Å². The van der Waals surface area contributed by atoms with Gasteiger partial charge in [-0.3, -0.25) is 9.69 Å². The molecule has 1 aromatic rings. The van der Waals surface area contributed by atoms with Crippen LogP contribution in [0, 0.1) is 12.8 Å². The number of piperidine rings is 1. The molecule has 5 atom stereocenters. The molecule has 2 heterocycles. The van der Waals surface area contributed by atoms with Crippen LogP contribution in [0.3, 0.4) is 0 Å². The fourth-order valence-electron chi connectivity index (χ4n) is 4.77. The molecule has 0 unspecified atom stereocenters. The summed E-state index contributed by atoms with van der Waals surface area (Å²) in [7, 11) is 1.75. The molecule has 0 aliphatic carbocycles. The second-order valence-corrected chi connectivity index (χ2v) is 15.0. The number of likely N-dealkylation sites (N-methyl/N-ethyl adjacent to an activating group) is 1. The molecule has 0 aromatic heterocycles. The minimum Gasteiger partial charge on any atom is -0.469 e. The van der Waals surface area contributed by atoms with E-state index >= 15 is 0 Å². The number of benzene rings is 1. The van der Waals surface area contributed by atoms with Crippen LogP contribution in [-0.2, 0) is 14.0 Å². The minimum absolute atomic E-state index is 0.0756. The lowest BCUT2D eigenvalue weighted by Gasteiger charge is -2.44. The highest BCUT2D eigenvalue weighted by atomic mass is 28.4. The average Bonchev–Trinajstić information content (AvgIpc) is 2.79. The zero-order valence-electron chi connectivity index (χ0n) is 18.8. The van der Waals surface area contributed by atoms with Crippen molar-refractivity contribution in [3.8, 4) is 0 Å². The van der Waals surface area contributed by atoms with Crippen LogP contribution in [0.5, 0.6) is 0 Å². The lowest BCUT2D eigenvalue weighted by molar-refractivity contribution is -0.151. The zero-order chi connectivity index (χ0) is 20.9. The number of methoxy groups -OCH3 is 1. The summed E-state index contributed by atoms with van der Waals surface area (Å²) in [6, 6.07) is 9.19. The molecule has 3 rings (SSSR count). The maximum atomic E-state index is 13.0. The molecule has 2 fully saturated rings. The van der Waals surface area contributed by atoms with Crippen molar-refractivity contribution in [2.24, 2.45) is 5.92 Å². The van der Waals surface area contributed by atoms with Crippen LogP contribution in [-0.4, -0.2) is 51.5 Å². The largest absolute Gasteiger partial charge is 0.469 e. The van der Waals surface area contributed by atoms with Crippen LogP contribution in [0.2, 0.25) is 18.1 Å². The van der Waals surface area contributed by atoms with Crippen molar-refractivity contribution in [2.45, 2.75) is 82.8 Å². The maximum Gasteiger partial charge on any atom is 0.310 e. The van der Waals surface area contributed by atoms with Gasteiger partial charge < -0.3 is 9.16 Å². The van der Waals surface area contributed by atoms with Gasteiger partial charge in [-0.25, -0.2) is 0 Å². The summed E-state index contributed by atoms with van der Waals surface area (Å²) in [6.07, 6.45) is 2.08. The standard InChI is InChI=1S/C23H37NO3Si/c1-15-9-11-16(12-10-15)18-13-17-14-19(27-28(7,8)23(2,3)4)21(24(17)5)20(18)22(25)26-6/h9-12,17-21H,13-14H2,1-8H3/t17-,18+,19-,20+,21-/m1/s1. The van der Waals surface area contributed by atoms with E-state index in [1.165, 1.54) is 18.2 Å².